The molecule has 3 aromatic carbocycles. The van der Waals surface area contributed by atoms with Gasteiger partial charge >= 0.3 is 0 Å². The van der Waals surface area contributed by atoms with E-state index < -0.39 is 17.5 Å². The summed E-state index contributed by atoms with van der Waals surface area (Å²) in [6.45, 7) is 2.11. The van der Waals surface area contributed by atoms with Gasteiger partial charge in [-0.15, -0.1) is 0 Å². The topological polar surface area (TPSA) is 0 Å². The number of hydrogen-bond acceptors (Lipinski definition) is 0. The van der Waals surface area contributed by atoms with E-state index in [1.807, 2.05) is 24.3 Å². The number of hydrogen-bond donors (Lipinski definition) is 0. The molecule has 0 aliphatic rings. The van der Waals surface area contributed by atoms with E-state index in [0.717, 1.165) is 36.6 Å². The lowest BCUT2D eigenvalue weighted by molar-refractivity contribution is 0.583. The molecule has 3 rings (SSSR count). The average molecular weight is 361 g/mol. The van der Waals surface area contributed by atoms with Crippen LogP contribution in [0.1, 0.15) is 18.9 Å². The molecule has 0 bridgehead atoms. The van der Waals surface area contributed by atoms with Gasteiger partial charge in [0.2, 0.25) is 0 Å². The number of benzene rings is 3. The molecule has 25 heavy (non-hydrogen) atoms. The predicted molar refractivity (Wildman–Crippen MR) is 96.2 cm³/mol. The van der Waals surface area contributed by atoms with Crippen LogP contribution in [0.2, 0.25) is 5.02 Å². The van der Waals surface area contributed by atoms with Crippen molar-refractivity contribution in [2.45, 2.75) is 19.8 Å². The minimum Gasteiger partial charge on any atom is -0.207 e. The van der Waals surface area contributed by atoms with Gasteiger partial charge in [0, 0.05) is 11.6 Å². The molecule has 0 nitrogen and oxygen atoms in total. The fourth-order valence-corrected chi connectivity index (χ4v) is 3.18. The largest absolute Gasteiger partial charge is 0.207 e. The minimum atomic E-state index is -0.777. The summed E-state index contributed by atoms with van der Waals surface area (Å²) < 4.78 is 41.4. The smallest absolute Gasteiger partial charge is 0.133 e. The van der Waals surface area contributed by atoms with Crippen molar-refractivity contribution in [3.8, 4) is 22.3 Å². The second kappa shape index (κ2) is 7.32. The van der Waals surface area contributed by atoms with Gasteiger partial charge < -0.3 is 0 Å². The molecule has 3 aromatic rings. The first kappa shape index (κ1) is 17.6. The van der Waals surface area contributed by atoms with Crippen LogP contribution in [0.5, 0.6) is 0 Å². The molecule has 0 fully saturated rings. The second-order valence-corrected chi connectivity index (χ2v) is 6.33. The van der Waals surface area contributed by atoms with E-state index in [9.17, 15) is 13.2 Å². The van der Waals surface area contributed by atoms with Crippen LogP contribution in [0.25, 0.3) is 22.3 Å². The molecule has 0 unspecified atom stereocenters. The molecule has 0 aliphatic carbocycles. The first-order valence-electron chi connectivity index (χ1n) is 8.02. The molecule has 0 heterocycles. The standard InChI is InChI=1S/C21H16ClF3/c1-2-3-13-4-6-14(7-5-13)15-10-19(22)21(20(25)11-15)16-8-17(23)12-18(24)9-16/h4-12H,2-3H2,1H3. The summed E-state index contributed by atoms with van der Waals surface area (Å²) in [6, 6.07) is 13.6. The van der Waals surface area contributed by atoms with Crippen molar-refractivity contribution in [2.24, 2.45) is 0 Å². The molecule has 0 radical (unpaired) electrons. The van der Waals surface area contributed by atoms with Crippen LogP contribution in [0.3, 0.4) is 0 Å². The monoisotopic (exact) mass is 360 g/mol. The summed E-state index contributed by atoms with van der Waals surface area (Å²) in [6.07, 6.45) is 2.04. The van der Waals surface area contributed by atoms with Gasteiger partial charge in [0.15, 0.2) is 0 Å². The molecular weight excluding hydrogens is 345 g/mol. The van der Waals surface area contributed by atoms with Gasteiger partial charge in [-0.25, -0.2) is 13.2 Å². The van der Waals surface area contributed by atoms with Crippen LogP contribution in [0.15, 0.2) is 54.6 Å². The molecule has 0 aromatic heterocycles. The SMILES string of the molecule is CCCc1ccc(-c2cc(F)c(-c3cc(F)cc(F)c3)c(Cl)c2)cc1. The van der Waals surface area contributed by atoms with Crippen LogP contribution in [-0.2, 0) is 6.42 Å². The normalized spacial score (nSPS) is 10.9. The third-order valence-electron chi connectivity index (χ3n) is 4.02. The van der Waals surface area contributed by atoms with E-state index in [4.69, 9.17) is 11.6 Å². The molecule has 4 heteroatoms. The summed E-state index contributed by atoms with van der Waals surface area (Å²) in [5, 5.41) is 0.109. The van der Waals surface area contributed by atoms with Gasteiger partial charge in [0.1, 0.15) is 17.5 Å². The van der Waals surface area contributed by atoms with Gasteiger partial charge in [-0.3, -0.25) is 0 Å². The Bertz CT molecular complexity index is 858. The summed E-state index contributed by atoms with van der Waals surface area (Å²) in [7, 11) is 0. The summed E-state index contributed by atoms with van der Waals surface area (Å²) >= 11 is 6.22. The lowest BCUT2D eigenvalue weighted by Crippen LogP contribution is -1.91. The highest BCUT2D eigenvalue weighted by molar-refractivity contribution is 6.33. The van der Waals surface area contributed by atoms with Crippen LogP contribution in [0.4, 0.5) is 13.2 Å². The second-order valence-electron chi connectivity index (χ2n) is 5.92. The van der Waals surface area contributed by atoms with Crippen LogP contribution in [-0.4, -0.2) is 0 Å². The number of rotatable bonds is 4. The Morgan fingerprint density at radius 2 is 1.40 bits per heavy atom. The third-order valence-corrected chi connectivity index (χ3v) is 4.32. The average Bonchev–Trinajstić information content (AvgIpc) is 2.54. The van der Waals surface area contributed by atoms with Crippen LogP contribution < -0.4 is 0 Å². The third kappa shape index (κ3) is 3.88. The van der Waals surface area contributed by atoms with Crippen molar-refractivity contribution in [3.63, 3.8) is 0 Å². The Morgan fingerprint density at radius 1 is 0.760 bits per heavy atom. The van der Waals surface area contributed by atoms with E-state index in [2.05, 4.69) is 6.92 Å². The molecule has 0 N–H and O–H groups in total. The first-order valence-corrected chi connectivity index (χ1v) is 8.40. The van der Waals surface area contributed by atoms with Crippen molar-refractivity contribution < 1.29 is 13.2 Å². The Labute approximate surface area is 149 Å². The van der Waals surface area contributed by atoms with Gasteiger partial charge in [0.05, 0.1) is 5.02 Å². The lowest BCUT2D eigenvalue weighted by Gasteiger charge is -2.11. The summed E-state index contributed by atoms with van der Waals surface area (Å²) in [4.78, 5) is 0. The maximum Gasteiger partial charge on any atom is 0.133 e. The Morgan fingerprint density at radius 3 is 1.96 bits per heavy atom. The maximum absolute atomic E-state index is 14.6. The highest BCUT2D eigenvalue weighted by Gasteiger charge is 2.15. The number of aryl methyl sites for hydroxylation is 1. The van der Waals surface area contributed by atoms with E-state index in [0.29, 0.717) is 5.56 Å². The van der Waals surface area contributed by atoms with E-state index >= 15 is 0 Å². The summed E-state index contributed by atoms with van der Waals surface area (Å²) in [5.41, 5.74) is 2.73. The molecule has 0 spiro atoms. The van der Waals surface area contributed by atoms with Crippen molar-refractivity contribution >= 4 is 11.6 Å². The van der Waals surface area contributed by atoms with Gasteiger partial charge in [0.25, 0.3) is 0 Å². The highest BCUT2D eigenvalue weighted by atomic mass is 35.5. The van der Waals surface area contributed by atoms with Crippen molar-refractivity contribution in [2.75, 3.05) is 0 Å². The molecule has 0 saturated heterocycles. The molecular formula is C21H16ClF3. The molecule has 0 saturated carbocycles. The number of halogens is 4. The van der Waals surface area contributed by atoms with Gasteiger partial charge in [-0.1, -0.05) is 49.2 Å². The summed E-state index contributed by atoms with van der Waals surface area (Å²) in [5.74, 6) is -2.17. The van der Waals surface area contributed by atoms with E-state index in [-0.39, 0.29) is 16.1 Å². The molecule has 0 amide bonds. The fourth-order valence-electron chi connectivity index (χ4n) is 2.87. The van der Waals surface area contributed by atoms with Crippen molar-refractivity contribution in [1.29, 1.82) is 0 Å². The molecule has 0 atom stereocenters. The fraction of sp³-hybridized carbons (Fsp3) is 0.143. The maximum atomic E-state index is 14.6. The van der Waals surface area contributed by atoms with Crippen molar-refractivity contribution in [3.05, 3.63) is 82.6 Å². The van der Waals surface area contributed by atoms with Crippen molar-refractivity contribution in [1.82, 2.24) is 0 Å². The minimum absolute atomic E-state index is 0.00794. The quantitative estimate of drug-likeness (QED) is 0.468. The van der Waals surface area contributed by atoms with Crippen LogP contribution >= 0.6 is 11.6 Å². The van der Waals surface area contributed by atoms with Gasteiger partial charge in [-0.05, 0) is 52.9 Å². The predicted octanol–water partition coefficient (Wildman–Crippen LogP) is 7.04. The lowest BCUT2D eigenvalue weighted by atomic mass is 9.98. The van der Waals surface area contributed by atoms with Crippen LogP contribution in [0, 0.1) is 17.5 Å². The molecule has 128 valence electrons. The van der Waals surface area contributed by atoms with E-state index in [1.54, 1.807) is 6.07 Å². The van der Waals surface area contributed by atoms with Gasteiger partial charge in [-0.2, -0.15) is 0 Å². The zero-order valence-electron chi connectivity index (χ0n) is 13.6. The van der Waals surface area contributed by atoms with E-state index in [1.165, 1.54) is 11.6 Å². The Hall–Kier alpha value is -2.26. The Kier molecular flexibility index (Phi) is 5.14. The Balaban J connectivity index is 2.02. The highest BCUT2D eigenvalue weighted by Crippen LogP contribution is 2.35. The molecule has 0 aliphatic heterocycles. The zero-order valence-corrected chi connectivity index (χ0v) is 14.4. The first-order chi connectivity index (χ1) is 12.0. The zero-order chi connectivity index (χ0) is 18.0.